The Balaban J connectivity index is 1.57. The van der Waals surface area contributed by atoms with Gasteiger partial charge in [0.05, 0.1) is 10.6 Å². The van der Waals surface area contributed by atoms with Gasteiger partial charge in [0, 0.05) is 24.5 Å². The standard InChI is InChI=1S/C21H24ClN3OS/c1-14-9-11-25(12-10-14)17-6-4-16(5-7-17)23-21(27)24-20(26)18-8-3-15(2)13-19(18)22/h3-8,13-14H,9-12H2,1-2H3,(H2,23,24,26,27). The highest BCUT2D eigenvalue weighted by atomic mass is 35.5. The van der Waals surface area contributed by atoms with E-state index in [0.29, 0.717) is 10.6 Å². The summed E-state index contributed by atoms with van der Waals surface area (Å²) in [6.07, 6.45) is 2.47. The number of nitrogens with zero attached hydrogens (tertiary/aromatic N) is 1. The van der Waals surface area contributed by atoms with E-state index < -0.39 is 0 Å². The molecule has 1 aliphatic heterocycles. The first kappa shape index (κ1) is 19.6. The number of carbonyl (C=O) groups excluding carboxylic acids is 1. The zero-order valence-electron chi connectivity index (χ0n) is 15.6. The molecule has 0 radical (unpaired) electrons. The number of thiocarbonyl (C=S) groups is 1. The maximum absolute atomic E-state index is 12.3. The average molecular weight is 402 g/mol. The third kappa shape index (κ3) is 5.21. The molecule has 27 heavy (non-hydrogen) atoms. The highest BCUT2D eigenvalue weighted by molar-refractivity contribution is 7.80. The summed E-state index contributed by atoms with van der Waals surface area (Å²) in [4.78, 5) is 14.7. The Morgan fingerprint density at radius 1 is 1.15 bits per heavy atom. The van der Waals surface area contributed by atoms with Gasteiger partial charge in [-0.25, -0.2) is 0 Å². The minimum Gasteiger partial charge on any atom is -0.372 e. The van der Waals surface area contributed by atoms with Gasteiger partial charge in [-0.3, -0.25) is 10.1 Å². The van der Waals surface area contributed by atoms with Crippen LogP contribution in [0.25, 0.3) is 0 Å². The molecule has 1 aliphatic rings. The number of rotatable bonds is 3. The van der Waals surface area contributed by atoms with E-state index in [-0.39, 0.29) is 11.0 Å². The number of hydrogen-bond donors (Lipinski definition) is 2. The number of hydrogen-bond acceptors (Lipinski definition) is 3. The molecule has 1 amide bonds. The SMILES string of the molecule is Cc1ccc(C(=O)NC(=S)Nc2ccc(N3CCC(C)CC3)cc2)c(Cl)c1. The molecule has 0 bridgehead atoms. The molecule has 2 aromatic carbocycles. The quantitative estimate of drug-likeness (QED) is 0.709. The van der Waals surface area contributed by atoms with E-state index in [0.717, 1.165) is 30.3 Å². The minimum atomic E-state index is -0.323. The maximum atomic E-state index is 12.3. The van der Waals surface area contributed by atoms with Gasteiger partial charge in [0.2, 0.25) is 0 Å². The van der Waals surface area contributed by atoms with Gasteiger partial charge in [0.1, 0.15) is 0 Å². The molecule has 1 saturated heterocycles. The smallest absolute Gasteiger partial charge is 0.258 e. The summed E-state index contributed by atoms with van der Waals surface area (Å²) in [5, 5.41) is 6.38. The van der Waals surface area contributed by atoms with Gasteiger partial charge in [-0.05, 0) is 79.9 Å². The largest absolute Gasteiger partial charge is 0.372 e. The number of carbonyl (C=O) groups is 1. The molecular weight excluding hydrogens is 378 g/mol. The molecule has 142 valence electrons. The zero-order chi connectivity index (χ0) is 19.4. The molecule has 0 atom stereocenters. The summed E-state index contributed by atoms with van der Waals surface area (Å²) in [6.45, 7) is 6.43. The van der Waals surface area contributed by atoms with E-state index in [9.17, 15) is 4.79 Å². The van der Waals surface area contributed by atoms with Crippen LogP contribution in [-0.2, 0) is 0 Å². The van der Waals surface area contributed by atoms with Gasteiger partial charge < -0.3 is 10.2 Å². The first-order valence-corrected chi connectivity index (χ1v) is 9.94. The maximum Gasteiger partial charge on any atom is 0.258 e. The van der Waals surface area contributed by atoms with Crippen molar-refractivity contribution in [3.8, 4) is 0 Å². The summed E-state index contributed by atoms with van der Waals surface area (Å²) in [6, 6.07) is 13.4. The summed E-state index contributed by atoms with van der Waals surface area (Å²) in [5.41, 5.74) is 3.46. The second-order valence-corrected chi connectivity index (χ2v) is 7.92. The van der Waals surface area contributed by atoms with Crippen LogP contribution >= 0.6 is 23.8 Å². The second-order valence-electron chi connectivity index (χ2n) is 7.11. The molecule has 2 N–H and O–H groups in total. The monoisotopic (exact) mass is 401 g/mol. The zero-order valence-corrected chi connectivity index (χ0v) is 17.2. The highest BCUT2D eigenvalue weighted by Crippen LogP contribution is 2.24. The molecule has 3 rings (SSSR count). The fourth-order valence-electron chi connectivity index (χ4n) is 3.16. The number of benzene rings is 2. The Bertz CT molecular complexity index is 830. The number of piperidine rings is 1. The van der Waals surface area contributed by atoms with E-state index in [4.69, 9.17) is 23.8 Å². The third-order valence-electron chi connectivity index (χ3n) is 4.87. The lowest BCUT2D eigenvalue weighted by atomic mass is 9.99. The Morgan fingerprint density at radius 2 is 1.81 bits per heavy atom. The van der Waals surface area contributed by atoms with Crippen LogP contribution in [0.3, 0.4) is 0 Å². The number of anilines is 2. The van der Waals surface area contributed by atoms with E-state index >= 15 is 0 Å². The molecule has 0 spiro atoms. The van der Waals surface area contributed by atoms with Crippen LogP contribution in [0.15, 0.2) is 42.5 Å². The lowest BCUT2D eigenvalue weighted by Crippen LogP contribution is -2.34. The van der Waals surface area contributed by atoms with Gasteiger partial charge in [-0.15, -0.1) is 0 Å². The molecule has 1 fully saturated rings. The van der Waals surface area contributed by atoms with E-state index in [1.807, 2.05) is 25.1 Å². The lowest BCUT2D eigenvalue weighted by Gasteiger charge is -2.32. The highest BCUT2D eigenvalue weighted by Gasteiger charge is 2.16. The van der Waals surface area contributed by atoms with E-state index in [2.05, 4.69) is 34.6 Å². The molecule has 0 aromatic heterocycles. The summed E-state index contributed by atoms with van der Waals surface area (Å²) in [7, 11) is 0. The topological polar surface area (TPSA) is 44.4 Å². The van der Waals surface area contributed by atoms with Crippen LogP contribution in [0, 0.1) is 12.8 Å². The second kappa shape index (κ2) is 8.72. The van der Waals surface area contributed by atoms with Crippen molar-refractivity contribution < 1.29 is 4.79 Å². The van der Waals surface area contributed by atoms with Crippen molar-refractivity contribution in [2.45, 2.75) is 26.7 Å². The predicted octanol–water partition coefficient (Wildman–Crippen LogP) is 5.01. The van der Waals surface area contributed by atoms with Gasteiger partial charge in [0.25, 0.3) is 5.91 Å². The van der Waals surface area contributed by atoms with Crippen molar-refractivity contribution in [1.82, 2.24) is 5.32 Å². The fourth-order valence-corrected chi connectivity index (χ4v) is 3.69. The normalized spacial score (nSPS) is 14.7. The van der Waals surface area contributed by atoms with Crippen molar-refractivity contribution in [1.29, 1.82) is 0 Å². The van der Waals surface area contributed by atoms with Gasteiger partial charge in [-0.2, -0.15) is 0 Å². The number of aryl methyl sites for hydroxylation is 1. The Kier molecular flexibility index (Phi) is 6.34. The Labute approximate surface area is 170 Å². The molecule has 6 heteroatoms. The predicted molar refractivity (Wildman–Crippen MR) is 117 cm³/mol. The van der Waals surface area contributed by atoms with Crippen molar-refractivity contribution >= 4 is 46.2 Å². The number of nitrogens with one attached hydrogen (secondary N) is 2. The third-order valence-corrected chi connectivity index (χ3v) is 5.39. The van der Waals surface area contributed by atoms with Crippen LogP contribution in [0.4, 0.5) is 11.4 Å². The van der Waals surface area contributed by atoms with Crippen molar-refractivity contribution in [2.24, 2.45) is 5.92 Å². The van der Waals surface area contributed by atoms with E-state index in [1.54, 1.807) is 12.1 Å². The summed E-state index contributed by atoms with van der Waals surface area (Å²) < 4.78 is 0. The summed E-state index contributed by atoms with van der Waals surface area (Å²) >= 11 is 11.4. The average Bonchev–Trinajstić information content (AvgIpc) is 2.63. The number of amides is 1. The Hall–Kier alpha value is -2.11. The van der Waals surface area contributed by atoms with Crippen LogP contribution in [0.1, 0.15) is 35.7 Å². The van der Waals surface area contributed by atoms with Crippen molar-refractivity contribution in [3.63, 3.8) is 0 Å². The minimum absolute atomic E-state index is 0.246. The van der Waals surface area contributed by atoms with Crippen LogP contribution < -0.4 is 15.5 Å². The van der Waals surface area contributed by atoms with Crippen LogP contribution in [0.5, 0.6) is 0 Å². The van der Waals surface area contributed by atoms with Crippen molar-refractivity contribution in [2.75, 3.05) is 23.3 Å². The van der Waals surface area contributed by atoms with Crippen LogP contribution in [0.2, 0.25) is 5.02 Å². The molecule has 0 saturated carbocycles. The molecule has 0 unspecified atom stereocenters. The first-order chi connectivity index (χ1) is 12.9. The van der Waals surface area contributed by atoms with E-state index in [1.165, 1.54) is 18.5 Å². The lowest BCUT2D eigenvalue weighted by molar-refractivity contribution is 0.0978. The fraction of sp³-hybridized carbons (Fsp3) is 0.333. The van der Waals surface area contributed by atoms with Gasteiger partial charge >= 0.3 is 0 Å². The molecular formula is C21H24ClN3OS. The van der Waals surface area contributed by atoms with Gasteiger partial charge in [0.15, 0.2) is 5.11 Å². The summed E-state index contributed by atoms with van der Waals surface area (Å²) in [5.74, 6) is 0.488. The van der Waals surface area contributed by atoms with Crippen molar-refractivity contribution in [3.05, 3.63) is 58.6 Å². The molecule has 1 heterocycles. The first-order valence-electron chi connectivity index (χ1n) is 9.16. The van der Waals surface area contributed by atoms with Gasteiger partial charge in [-0.1, -0.05) is 24.6 Å². The Morgan fingerprint density at radius 3 is 2.44 bits per heavy atom. The molecule has 4 nitrogen and oxygen atoms in total. The van der Waals surface area contributed by atoms with Crippen LogP contribution in [-0.4, -0.2) is 24.1 Å². The molecule has 0 aliphatic carbocycles. The number of halogens is 1. The molecule has 2 aromatic rings.